The van der Waals surface area contributed by atoms with Crippen LogP contribution in [0.4, 0.5) is 0 Å². The Morgan fingerprint density at radius 2 is 2.12 bits per heavy atom. The summed E-state index contributed by atoms with van der Waals surface area (Å²) in [6.45, 7) is 9.05. The molecule has 2 aliphatic rings. The molecule has 0 aromatic carbocycles. The number of rotatable bonds is 2. The molecular formula is C13H23NO3. The van der Waals surface area contributed by atoms with Gasteiger partial charge in [-0.1, -0.05) is 0 Å². The lowest BCUT2D eigenvalue weighted by Crippen LogP contribution is -2.34. The molecule has 3 atom stereocenters. The molecule has 2 saturated heterocycles. The average molecular weight is 241 g/mol. The molecule has 0 saturated carbocycles. The minimum absolute atomic E-state index is 0.000856. The van der Waals surface area contributed by atoms with Crippen molar-refractivity contribution >= 4 is 5.97 Å². The van der Waals surface area contributed by atoms with Crippen LogP contribution in [0.5, 0.6) is 0 Å². The van der Waals surface area contributed by atoms with Gasteiger partial charge in [-0.3, -0.25) is 4.79 Å². The van der Waals surface area contributed by atoms with Crippen LogP contribution in [0.25, 0.3) is 0 Å². The van der Waals surface area contributed by atoms with E-state index in [1.54, 1.807) is 0 Å². The van der Waals surface area contributed by atoms with Gasteiger partial charge in [-0.05, 0) is 45.6 Å². The third kappa shape index (κ3) is 3.19. The van der Waals surface area contributed by atoms with Crippen LogP contribution in [0.1, 0.15) is 27.2 Å². The highest BCUT2D eigenvalue weighted by Gasteiger charge is 2.41. The number of carbonyl (C=O) groups excluding carboxylic acids is 1. The van der Waals surface area contributed by atoms with E-state index in [0.717, 1.165) is 32.7 Å². The number of hydrogen-bond acceptors (Lipinski definition) is 4. The lowest BCUT2D eigenvalue weighted by molar-refractivity contribution is -0.161. The van der Waals surface area contributed by atoms with Crippen LogP contribution in [-0.4, -0.2) is 37.9 Å². The summed E-state index contributed by atoms with van der Waals surface area (Å²) < 4.78 is 10.9. The zero-order valence-corrected chi connectivity index (χ0v) is 11.0. The van der Waals surface area contributed by atoms with E-state index in [2.05, 4.69) is 5.32 Å². The molecule has 0 radical (unpaired) electrons. The van der Waals surface area contributed by atoms with Gasteiger partial charge in [0.1, 0.15) is 5.60 Å². The second kappa shape index (κ2) is 4.94. The highest BCUT2D eigenvalue weighted by atomic mass is 16.6. The fourth-order valence-electron chi connectivity index (χ4n) is 2.72. The Labute approximate surface area is 103 Å². The Morgan fingerprint density at radius 1 is 1.35 bits per heavy atom. The van der Waals surface area contributed by atoms with Crippen molar-refractivity contribution in [1.82, 2.24) is 5.32 Å². The second-order valence-corrected chi connectivity index (χ2v) is 6.09. The minimum atomic E-state index is -0.392. The van der Waals surface area contributed by atoms with Gasteiger partial charge in [0, 0.05) is 19.8 Å². The van der Waals surface area contributed by atoms with Gasteiger partial charge in [0.25, 0.3) is 0 Å². The third-order valence-electron chi connectivity index (χ3n) is 3.54. The summed E-state index contributed by atoms with van der Waals surface area (Å²) in [6.07, 6.45) is 1.08. The Balaban J connectivity index is 1.96. The Kier molecular flexibility index (Phi) is 3.73. The first kappa shape index (κ1) is 12.8. The van der Waals surface area contributed by atoms with Gasteiger partial charge >= 0.3 is 5.97 Å². The van der Waals surface area contributed by atoms with Crippen LogP contribution in [0.15, 0.2) is 0 Å². The summed E-state index contributed by atoms with van der Waals surface area (Å²) in [5.74, 6) is 0.843. The van der Waals surface area contributed by atoms with E-state index in [-0.39, 0.29) is 11.9 Å². The van der Waals surface area contributed by atoms with Crippen molar-refractivity contribution in [2.75, 3.05) is 26.3 Å². The van der Waals surface area contributed by atoms with Gasteiger partial charge in [-0.2, -0.15) is 0 Å². The summed E-state index contributed by atoms with van der Waals surface area (Å²) in [5.41, 5.74) is -0.392. The highest BCUT2D eigenvalue weighted by Crippen LogP contribution is 2.32. The van der Waals surface area contributed by atoms with Gasteiger partial charge in [0.2, 0.25) is 0 Å². The first-order valence-corrected chi connectivity index (χ1v) is 6.49. The zero-order valence-electron chi connectivity index (χ0n) is 11.0. The fourth-order valence-corrected chi connectivity index (χ4v) is 2.72. The van der Waals surface area contributed by atoms with Gasteiger partial charge < -0.3 is 14.8 Å². The van der Waals surface area contributed by atoms with Crippen LogP contribution >= 0.6 is 0 Å². The molecule has 2 rings (SSSR count). The van der Waals surface area contributed by atoms with E-state index in [9.17, 15) is 4.79 Å². The summed E-state index contributed by atoms with van der Waals surface area (Å²) >= 11 is 0. The van der Waals surface area contributed by atoms with E-state index in [0.29, 0.717) is 11.8 Å². The van der Waals surface area contributed by atoms with Gasteiger partial charge in [0.05, 0.1) is 5.92 Å². The third-order valence-corrected chi connectivity index (χ3v) is 3.54. The molecule has 0 aliphatic carbocycles. The minimum Gasteiger partial charge on any atom is -0.460 e. The van der Waals surface area contributed by atoms with Crippen molar-refractivity contribution in [2.24, 2.45) is 17.8 Å². The monoisotopic (exact) mass is 241 g/mol. The molecule has 2 aliphatic heterocycles. The second-order valence-electron chi connectivity index (χ2n) is 6.09. The summed E-state index contributed by atoms with van der Waals surface area (Å²) in [4.78, 5) is 12.1. The molecule has 0 aromatic heterocycles. The predicted octanol–water partition coefficient (Wildman–Crippen LogP) is 1.20. The first-order valence-electron chi connectivity index (χ1n) is 6.49. The van der Waals surface area contributed by atoms with Gasteiger partial charge in [0.15, 0.2) is 0 Å². The standard InChI is InChI=1S/C13H23NO3/c1-13(2,3)17-12(15)11-7-14-6-10(11)9-4-5-16-8-9/h9-11,14H,4-8H2,1-3H3. The number of hydrogen-bond donors (Lipinski definition) is 1. The SMILES string of the molecule is CC(C)(C)OC(=O)C1CNCC1C1CCOC1. The summed E-state index contributed by atoms with van der Waals surface area (Å²) in [5, 5.41) is 3.31. The van der Waals surface area contributed by atoms with E-state index >= 15 is 0 Å². The van der Waals surface area contributed by atoms with Crippen molar-refractivity contribution < 1.29 is 14.3 Å². The molecule has 0 amide bonds. The van der Waals surface area contributed by atoms with Crippen molar-refractivity contribution in [1.29, 1.82) is 0 Å². The van der Waals surface area contributed by atoms with E-state index in [4.69, 9.17) is 9.47 Å². The lowest BCUT2D eigenvalue weighted by atomic mass is 9.83. The quantitative estimate of drug-likeness (QED) is 0.738. The Bertz CT molecular complexity index is 279. The molecule has 0 spiro atoms. The van der Waals surface area contributed by atoms with Crippen LogP contribution in [0, 0.1) is 17.8 Å². The van der Waals surface area contributed by atoms with E-state index in [1.807, 2.05) is 20.8 Å². The number of nitrogens with one attached hydrogen (secondary N) is 1. The highest BCUT2D eigenvalue weighted by molar-refractivity contribution is 5.74. The van der Waals surface area contributed by atoms with Crippen molar-refractivity contribution in [3.05, 3.63) is 0 Å². The predicted molar refractivity (Wildman–Crippen MR) is 64.6 cm³/mol. The average Bonchev–Trinajstić information content (AvgIpc) is 2.85. The Morgan fingerprint density at radius 3 is 2.71 bits per heavy atom. The molecule has 0 aromatic rings. The summed E-state index contributed by atoms with van der Waals surface area (Å²) in [7, 11) is 0. The topological polar surface area (TPSA) is 47.6 Å². The lowest BCUT2D eigenvalue weighted by Gasteiger charge is -2.26. The van der Waals surface area contributed by atoms with Crippen LogP contribution < -0.4 is 5.32 Å². The molecule has 2 heterocycles. The molecular weight excluding hydrogens is 218 g/mol. The molecule has 17 heavy (non-hydrogen) atoms. The summed E-state index contributed by atoms with van der Waals surface area (Å²) in [6, 6.07) is 0. The van der Waals surface area contributed by atoms with Gasteiger partial charge in [-0.25, -0.2) is 0 Å². The Hall–Kier alpha value is -0.610. The van der Waals surface area contributed by atoms with Gasteiger partial charge in [-0.15, -0.1) is 0 Å². The number of esters is 1. The van der Waals surface area contributed by atoms with Crippen LogP contribution in [0.3, 0.4) is 0 Å². The number of carbonyl (C=O) groups is 1. The fraction of sp³-hybridized carbons (Fsp3) is 0.923. The molecule has 98 valence electrons. The van der Waals surface area contributed by atoms with E-state index < -0.39 is 5.60 Å². The molecule has 4 nitrogen and oxygen atoms in total. The maximum Gasteiger partial charge on any atom is 0.311 e. The molecule has 3 unspecified atom stereocenters. The molecule has 0 bridgehead atoms. The van der Waals surface area contributed by atoms with Crippen LogP contribution in [-0.2, 0) is 14.3 Å². The molecule has 2 fully saturated rings. The number of ether oxygens (including phenoxy) is 2. The van der Waals surface area contributed by atoms with Crippen molar-refractivity contribution in [2.45, 2.75) is 32.8 Å². The maximum absolute atomic E-state index is 12.1. The van der Waals surface area contributed by atoms with Crippen molar-refractivity contribution in [3.63, 3.8) is 0 Å². The zero-order chi connectivity index (χ0) is 12.5. The smallest absolute Gasteiger partial charge is 0.311 e. The van der Waals surface area contributed by atoms with Crippen LogP contribution in [0.2, 0.25) is 0 Å². The maximum atomic E-state index is 12.1. The van der Waals surface area contributed by atoms with E-state index in [1.165, 1.54) is 0 Å². The largest absolute Gasteiger partial charge is 0.460 e. The normalized spacial score (nSPS) is 33.9. The van der Waals surface area contributed by atoms with Crippen molar-refractivity contribution in [3.8, 4) is 0 Å². The molecule has 1 N–H and O–H groups in total. The molecule has 4 heteroatoms. The first-order chi connectivity index (χ1) is 7.97.